The molecule has 4 aromatic rings. The normalized spacial score (nSPS) is 17.2. The summed E-state index contributed by atoms with van der Waals surface area (Å²) in [6.45, 7) is 4.61. The number of hydrogen-bond donors (Lipinski definition) is 1. The second kappa shape index (κ2) is 8.78. The van der Waals surface area contributed by atoms with E-state index in [2.05, 4.69) is 20.3 Å². The molecule has 1 atom stereocenters. The fourth-order valence-electron chi connectivity index (χ4n) is 3.96. The van der Waals surface area contributed by atoms with Crippen molar-refractivity contribution in [3.05, 3.63) is 66.1 Å². The number of carbonyl (C=O) groups excluding carboxylic acids is 1. The van der Waals surface area contributed by atoms with Crippen LogP contribution in [0.2, 0.25) is 0 Å². The Bertz CT molecular complexity index is 1430. The summed E-state index contributed by atoms with van der Waals surface area (Å²) in [4.78, 5) is 22.5. The number of sulfonamides is 1. The van der Waals surface area contributed by atoms with E-state index in [9.17, 15) is 13.2 Å². The van der Waals surface area contributed by atoms with Crippen molar-refractivity contribution in [2.45, 2.75) is 24.1 Å². The number of aromatic amines is 1. The Labute approximate surface area is 200 Å². The predicted octanol–water partition coefficient (Wildman–Crippen LogP) is 2.56. The standard InChI is InChI=1S/C22H23N7O3S2/c1-15-12-23-22(24-15)28-14-18(25-26-28)19-8-9-20(33-19)34(31,32)29-11-10-27(13-16(29)2)21(30)17-6-4-3-5-7-17/h3-9,12,14,16H,10-11,13H2,1-2H3,(H,23,24). The molecule has 12 heteroatoms. The van der Waals surface area contributed by atoms with E-state index in [0.29, 0.717) is 35.2 Å². The number of aromatic nitrogens is 5. The van der Waals surface area contributed by atoms with Gasteiger partial charge in [-0.1, -0.05) is 23.4 Å². The first kappa shape index (κ1) is 22.4. The van der Waals surface area contributed by atoms with Gasteiger partial charge in [0.25, 0.3) is 15.9 Å². The zero-order valence-electron chi connectivity index (χ0n) is 18.6. The summed E-state index contributed by atoms with van der Waals surface area (Å²) in [7, 11) is -3.71. The number of hydrogen-bond acceptors (Lipinski definition) is 7. The maximum atomic E-state index is 13.4. The summed E-state index contributed by atoms with van der Waals surface area (Å²) in [6, 6.07) is 12.0. The second-order valence-corrected chi connectivity index (χ2v) is 11.3. The van der Waals surface area contributed by atoms with Crippen LogP contribution in [0.1, 0.15) is 23.0 Å². The van der Waals surface area contributed by atoms with E-state index in [4.69, 9.17) is 0 Å². The Morgan fingerprint density at radius 2 is 1.94 bits per heavy atom. The Morgan fingerprint density at radius 3 is 2.65 bits per heavy atom. The summed E-state index contributed by atoms with van der Waals surface area (Å²) >= 11 is 1.15. The number of imidazole rings is 1. The smallest absolute Gasteiger partial charge is 0.253 e. The maximum absolute atomic E-state index is 13.4. The molecule has 4 heterocycles. The second-order valence-electron chi connectivity index (χ2n) is 8.11. The highest BCUT2D eigenvalue weighted by Gasteiger charge is 2.36. The van der Waals surface area contributed by atoms with Crippen molar-refractivity contribution in [1.82, 2.24) is 34.2 Å². The Hall–Kier alpha value is -3.35. The molecule has 1 aliphatic heterocycles. The first-order valence-corrected chi connectivity index (χ1v) is 13.0. The lowest BCUT2D eigenvalue weighted by molar-refractivity contribution is 0.0642. The van der Waals surface area contributed by atoms with E-state index >= 15 is 0 Å². The number of carbonyl (C=O) groups is 1. The zero-order valence-corrected chi connectivity index (χ0v) is 20.3. The minimum absolute atomic E-state index is 0.0854. The van der Waals surface area contributed by atoms with Crippen molar-refractivity contribution >= 4 is 27.3 Å². The Kier molecular flexibility index (Phi) is 5.80. The van der Waals surface area contributed by atoms with Gasteiger partial charge in [-0.3, -0.25) is 4.79 Å². The highest BCUT2D eigenvalue weighted by molar-refractivity contribution is 7.91. The molecule has 1 amide bonds. The third-order valence-corrected chi connectivity index (χ3v) is 9.26. The maximum Gasteiger partial charge on any atom is 0.253 e. The van der Waals surface area contributed by atoms with Gasteiger partial charge >= 0.3 is 0 Å². The fraction of sp³-hybridized carbons (Fsp3) is 0.273. The molecule has 0 radical (unpaired) electrons. The number of piperazine rings is 1. The van der Waals surface area contributed by atoms with Crippen molar-refractivity contribution in [3.8, 4) is 16.5 Å². The van der Waals surface area contributed by atoms with Crippen molar-refractivity contribution in [1.29, 1.82) is 0 Å². The molecule has 10 nitrogen and oxygen atoms in total. The van der Waals surface area contributed by atoms with Crippen LogP contribution in [0.15, 0.2) is 59.1 Å². The van der Waals surface area contributed by atoms with Gasteiger partial charge in [0, 0.05) is 37.4 Å². The van der Waals surface area contributed by atoms with Gasteiger partial charge < -0.3 is 9.88 Å². The first-order valence-electron chi connectivity index (χ1n) is 10.7. The van der Waals surface area contributed by atoms with Crippen LogP contribution in [0.4, 0.5) is 0 Å². The first-order chi connectivity index (χ1) is 16.3. The van der Waals surface area contributed by atoms with Crippen LogP contribution in [0.25, 0.3) is 16.5 Å². The summed E-state index contributed by atoms with van der Waals surface area (Å²) in [6.07, 6.45) is 3.47. The van der Waals surface area contributed by atoms with Gasteiger partial charge in [0.15, 0.2) is 0 Å². The third-order valence-electron chi connectivity index (χ3n) is 5.67. The highest BCUT2D eigenvalue weighted by Crippen LogP contribution is 2.32. The Balaban J connectivity index is 1.31. The average Bonchev–Trinajstić information content (AvgIpc) is 3.59. The topological polar surface area (TPSA) is 117 Å². The summed E-state index contributed by atoms with van der Waals surface area (Å²) in [5.74, 6) is 0.454. The molecule has 34 heavy (non-hydrogen) atoms. The third kappa shape index (κ3) is 4.15. The number of thiophene rings is 1. The molecular weight excluding hydrogens is 474 g/mol. The van der Waals surface area contributed by atoms with E-state index in [1.807, 2.05) is 32.0 Å². The molecule has 1 fully saturated rings. The number of aryl methyl sites for hydroxylation is 1. The SMILES string of the molecule is Cc1c[nH]c(-n2cc(-c3ccc(S(=O)(=O)N4CCN(C(=O)c5ccccc5)CC4C)s3)nn2)n1. The van der Waals surface area contributed by atoms with Gasteiger partial charge in [0.2, 0.25) is 5.95 Å². The molecule has 0 spiro atoms. The molecule has 1 saturated heterocycles. The van der Waals surface area contributed by atoms with Gasteiger partial charge in [-0.05, 0) is 38.1 Å². The highest BCUT2D eigenvalue weighted by atomic mass is 32.2. The van der Waals surface area contributed by atoms with Gasteiger partial charge in [-0.15, -0.1) is 16.4 Å². The van der Waals surface area contributed by atoms with Crippen LogP contribution >= 0.6 is 11.3 Å². The molecule has 1 aromatic carbocycles. The summed E-state index contributed by atoms with van der Waals surface area (Å²) < 4.78 is 30.0. The van der Waals surface area contributed by atoms with Gasteiger partial charge in [0.05, 0.1) is 16.8 Å². The number of amides is 1. The van der Waals surface area contributed by atoms with Crippen molar-refractivity contribution in [2.24, 2.45) is 0 Å². The van der Waals surface area contributed by atoms with E-state index in [1.165, 1.54) is 8.99 Å². The number of benzene rings is 1. The van der Waals surface area contributed by atoms with Crippen molar-refractivity contribution in [2.75, 3.05) is 19.6 Å². The zero-order chi connectivity index (χ0) is 23.9. The number of nitrogens with zero attached hydrogens (tertiary/aromatic N) is 6. The number of nitrogens with one attached hydrogen (secondary N) is 1. The molecule has 1 unspecified atom stereocenters. The van der Waals surface area contributed by atoms with Gasteiger partial charge in [-0.2, -0.15) is 8.99 Å². The minimum Gasteiger partial charge on any atom is -0.336 e. The van der Waals surface area contributed by atoms with Gasteiger partial charge in [0.1, 0.15) is 9.90 Å². The molecule has 1 aliphatic rings. The average molecular weight is 498 g/mol. The fourth-order valence-corrected chi connectivity index (χ4v) is 6.95. The molecule has 1 N–H and O–H groups in total. The molecule has 0 aliphatic carbocycles. The van der Waals surface area contributed by atoms with Crippen LogP contribution in [0, 0.1) is 6.92 Å². The lowest BCUT2D eigenvalue weighted by Gasteiger charge is -2.38. The monoisotopic (exact) mass is 497 g/mol. The quantitative estimate of drug-likeness (QED) is 0.453. The van der Waals surface area contributed by atoms with Crippen LogP contribution in [-0.4, -0.2) is 74.2 Å². The lowest BCUT2D eigenvalue weighted by atomic mass is 10.1. The van der Waals surface area contributed by atoms with Crippen LogP contribution < -0.4 is 0 Å². The molecule has 0 bridgehead atoms. The van der Waals surface area contributed by atoms with Crippen molar-refractivity contribution in [3.63, 3.8) is 0 Å². The minimum atomic E-state index is -3.71. The Morgan fingerprint density at radius 1 is 1.15 bits per heavy atom. The molecule has 5 rings (SSSR count). The summed E-state index contributed by atoms with van der Waals surface area (Å²) in [5.41, 5.74) is 2.00. The van der Waals surface area contributed by atoms with E-state index in [-0.39, 0.29) is 22.7 Å². The molecular formula is C22H23N7O3S2. The largest absolute Gasteiger partial charge is 0.336 e. The van der Waals surface area contributed by atoms with Crippen LogP contribution in [0.3, 0.4) is 0 Å². The number of rotatable bonds is 5. The lowest BCUT2D eigenvalue weighted by Crippen LogP contribution is -2.55. The number of H-pyrrole nitrogens is 1. The van der Waals surface area contributed by atoms with Crippen molar-refractivity contribution < 1.29 is 13.2 Å². The molecule has 3 aromatic heterocycles. The summed E-state index contributed by atoms with van der Waals surface area (Å²) in [5, 5.41) is 8.25. The molecule has 176 valence electrons. The van der Waals surface area contributed by atoms with Crippen LogP contribution in [0.5, 0.6) is 0 Å². The van der Waals surface area contributed by atoms with E-state index < -0.39 is 10.0 Å². The predicted molar refractivity (Wildman–Crippen MR) is 127 cm³/mol. The van der Waals surface area contributed by atoms with Crippen LogP contribution in [-0.2, 0) is 10.0 Å². The molecule has 0 saturated carbocycles. The van der Waals surface area contributed by atoms with E-state index in [0.717, 1.165) is 17.0 Å². The van der Waals surface area contributed by atoms with E-state index in [1.54, 1.807) is 41.6 Å². The van der Waals surface area contributed by atoms with Gasteiger partial charge in [-0.25, -0.2) is 13.4 Å².